The van der Waals surface area contributed by atoms with Gasteiger partial charge in [-0.25, -0.2) is 0 Å². The van der Waals surface area contributed by atoms with E-state index in [4.69, 9.17) is 10.5 Å². The standard InChI is InChI=1S/C14H20BrNOS/c15-12-7-11(9-18-12)13(16)10-3-6-17-14(8-10)4-1-2-5-14/h7,9-10,13H,1-6,8,16H2. The third-order valence-corrected chi connectivity index (χ3v) is 6.05. The molecule has 0 radical (unpaired) electrons. The number of nitrogens with two attached hydrogens (primary N) is 1. The average molecular weight is 330 g/mol. The first-order valence-corrected chi connectivity index (χ1v) is 8.49. The summed E-state index contributed by atoms with van der Waals surface area (Å²) in [5.74, 6) is 0.582. The second-order valence-electron chi connectivity index (χ2n) is 5.70. The van der Waals surface area contributed by atoms with Gasteiger partial charge in [-0.05, 0) is 64.5 Å². The molecule has 3 rings (SSSR count). The number of hydrogen-bond donors (Lipinski definition) is 1. The van der Waals surface area contributed by atoms with E-state index in [2.05, 4.69) is 27.4 Å². The van der Waals surface area contributed by atoms with E-state index in [0.29, 0.717) is 5.92 Å². The van der Waals surface area contributed by atoms with Crippen molar-refractivity contribution in [2.45, 2.75) is 50.2 Å². The van der Waals surface area contributed by atoms with Crippen LogP contribution in [-0.4, -0.2) is 12.2 Å². The van der Waals surface area contributed by atoms with Crippen LogP contribution in [0.1, 0.15) is 50.1 Å². The van der Waals surface area contributed by atoms with Gasteiger partial charge in [0.1, 0.15) is 0 Å². The Morgan fingerprint density at radius 3 is 2.89 bits per heavy atom. The molecule has 0 bridgehead atoms. The molecular formula is C14H20BrNOS. The van der Waals surface area contributed by atoms with Gasteiger partial charge in [0.2, 0.25) is 0 Å². The minimum Gasteiger partial charge on any atom is -0.375 e. The van der Waals surface area contributed by atoms with E-state index >= 15 is 0 Å². The molecule has 2 N–H and O–H groups in total. The summed E-state index contributed by atoms with van der Waals surface area (Å²) >= 11 is 5.25. The van der Waals surface area contributed by atoms with Crippen LogP contribution in [0.25, 0.3) is 0 Å². The number of rotatable bonds is 2. The Balaban J connectivity index is 1.72. The van der Waals surface area contributed by atoms with Crippen LogP contribution in [0.4, 0.5) is 0 Å². The maximum Gasteiger partial charge on any atom is 0.0701 e. The van der Waals surface area contributed by atoms with E-state index in [1.807, 2.05) is 0 Å². The van der Waals surface area contributed by atoms with Crippen molar-refractivity contribution in [1.82, 2.24) is 0 Å². The van der Waals surface area contributed by atoms with Gasteiger partial charge >= 0.3 is 0 Å². The van der Waals surface area contributed by atoms with Gasteiger partial charge in [-0.1, -0.05) is 12.8 Å². The SMILES string of the molecule is NC(c1csc(Br)c1)C1CCOC2(CCCC2)C1. The van der Waals surface area contributed by atoms with Crippen molar-refractivity contribution in [2.75, 3.05) is 6.61 Å². The molecule has 0 amide bonds. The highest BCUT2D eigenvalue weighted by Gasteiger charge is 2.41. The van der Waals surface area contributed by atoms with Crippen molar-refractivity contribution in [3.05, 3.63) is 20.8 Å². The monoisotopic (exact) mass is 329 g/mol. The molecule has 100 valence electrons. The molecular weight excluding hydrogens is 310 g/mol. The topological polar surface area (TPSA) is 35.2 Å². The van der Waals surface area contributed by atoms with Crippen molar-refractivity contribution in [3.63, 3.8) is 0 Å². The number of hydrogen-bond acceptors (Lipinski definition) is 3. The normalized spacial score (nSPS) is 28.7. The van der Waals surface area contributed by atoms with Crippen molar-refractivity contribution >= 4 is 27.3 Å². The van der Waals surface area contributed by atoms with Crippen LogP contribution >= 0.6 is 27.3 Å². The van der Waals surface area contributed by atoms with Crippen molar-refractivity contribution < 1.29 is 4.74 Å². The first-order valence-electron chi connectivity index (χ1n) is 6.82. The summed E-state index contributed by atoms with van der Waals surface area (Å²) in [6.45, 7) is 0.893. The molecule has 2 heterocycles. The second-order valence-corrected chi connectivity index (χ2v) is 7.99. The molecule has 2 nitrogen and oxygen atoms in total. The lowest BCUT2D eigenvalue weighted by molar-refractivity contribution is -0.0963. The largest absolute Gasteiger partial charge is 0.375 e. The Morgan fingerprint density at radius 2 is 2.22 bits per heavy atom. The van der Waals surface area contributed by atoms with Gasteiger partial charge in [-0.15, -0.1) is 11.3 Å². The highest BCUT2D eigenvalue weighted by atomic mass is 79.9. The summed E-state index contributed by atoms with van der Waals surface area (Å²) in [5, 5.41) is 2.19. The number of ether oxygens (including phenoxy) is 1. The predicted molar refractivity (Wildman–Crippen MR) is 78.8 cm³/mol. The highest BCUT2D eigenvalue weighted by Crippen LogP contribution is 2.45. The molecule has 1 saturated heterocycles. The fraction of sp³-hybridized carbons (Fsp3) is 0.714. The van der Waals surface area contributed by atoms with E-state index in [9.17, 15) is 0 Å². The zero-order chi connectivity index (χ0) is 12.6. The van der Waals surface area contributed by atoms with Crippen LogP contribution in [-0.2, 0) is 4.74 Å². The highest BCUT2D eigenvalue weighted by molar-refractivity contribution is 9.11. The minimum atomic E-state index is 0.174. The van der Waals surface area contributed by atoms with Crippen LogP contribution in [0.3, 0.4) is 0 Å². The molecule has 1 spiro atoms. The van der Waals surface area contributed by atoms with Gasteiger partial charge in [-0.3, -0.25) is 0 Å². The first kappa shape index (κ1) is 13.1. The minimum absolute atomic E-state index is 0.174. The Kier molecular flexibility index (Phi) is 3.81. The van der Waals surface area contributed by atoms with Crippen molar-refractivity contribution in [1.29, 1.82) is 0 Å². The fourth-order valence-electron chi connectivity index (χ4n) is 3.51. The molecule has 1 aromatic rings. The molecule has 1 aliphatic carbocycles. The van der Waals surface area contributed by atoms with Gasteiger partial charge < -0.3 is 10.5 Å². The van der Waals surface area contributed by atoms with E-state index in [-0.39, 0.29) is 11.6 Å². The van der Waals surface area contributed by atoms with Crippen LogP contribution in [0.2, 0.25) is 0 Å². The van der Waals surface area contributed by atoms with Crippen molar-refractivity contribution in [3.8, 4) is 0 Å². The molecule has 2 fully saturated rings. The Labute approximate surface area is 121 Å². The quantitative estimate of drug-likeness (QED) is 0.880. The molecule has 2 atom stereocenters. The first-order chi connectivity index (χ1) is 8.69. The molecule has 1 aliphatic heterocycles. The molecule has 4 heteroatoms. The zero-order valence-corrected chi connectivity index (χ0v) is 12.9. The summed E-state index contributed by atoms with van der Waals surface area (Å²) in [6, 6.07) is 2.35. The lowest BCUT2D eigenvalue weighted by Gasteiger charge is -2.40. The Morgan fingerprint density at radius 1 is 1.44 bits per heavy atom. The molecule has 2 aliphatic rings. The molecule has 18 heavy (non-hydrogen) atoms. The Bertz CT molecular complexity index is 414. The van der Waals surface area contributed by atoms with Gasteiger partial charge in [0.25, 0.3) is 0 Å². The summed E-state index contributed by atoms with van der Waals surface area (Å²) < 4.78 is 7.26. The predicted octanol–water partition coefficient (Wildman–Crippen LogP) is 4.25. The average Bonchev–Trinajstić information content (AvgIpc) is 2.98. The molecule has 0 aromatic carbocycles. The summed E-state index contributed by atoms with van der Waals surface area (Å²) in [7, 11) is 0. The lowest BCUT2D eigenvalue weighted by atomic mass is 9.79. The lowest BCUT2D eigenvalue weighted by Crippen LogP contribution is -2.40. The second kappa shape index (κ2) is 5.23. The molecule has 1 saturated carbocycles. The van der Waals surface area contributed by atoms with E-state index in [1.165, 1.54) is 35.0 Å². The van der Waals surface area contributed by atoms with E-state index in [0.717, 1.165) is 19.4 Å². The van der Waals surface area contributed by atoms with E-state index in [1.54, 1.807) is 11.3 Å². The van der Waals surface area contributed by atoms with Crippen molar-refractivity contribution in [2.24, 2.45) is 11.7 Å². The van der Waals surface area contributed by atoms with Crippen LogP contribution in [0, 0.1) is 5.92 Å². The smallest absolute Gasteiger partial charge is 0.0701 e. The fourth-order valence-corrected chi connectivity index (χ4v) is 4.73. The van der Waals surface area contributed by atoms with Gasteiger partial charge in [-0.2, -0.15) is 0 Å². The third-order valence-electron chi connectivity index (χ3n) is 4.53. The summed E-state index contributed by atoms with van der Waals surface area (Å²) in [6.07, 6.45) is 7.39. The maximum atomic E-state index is 6.46. The van der Waals surface area contributed by atoms with Crippen LogP contribution < -0.4 is 5.73 Å². The summed E-state index contributed by atoms with van der Waals surface area (Å²) in [5.41, 5.74) is 7.92. The number of thiophene rings is 1. The number of halogens is 1. The van der Waals surface area contributed by atoms with Gasteiger partial charge in [0, 0.05) is 12.6 Å². The third kappa shape index (κ3) is 2.53. The molecule has 2 unspecified atom stereocenters. The maximum absolute atomic E-state index is 6.46. The molecule has 1 aromatic heterocycles. The van der Waals surface area contributed by atoms with Crippen LogP contribution in [0.15, 0.2) is 15.2 Å². The Hall–Kier alpha value is 0.1000. The summed E-state index contributed by atoms with van der Waals surface area (Å²) in [4.78, 5) is 0. The van der Waals surface area contributed by atoms with Gasteiger partial charge in [0.15, 0.2) is 0 Å². The van der Waals surface area contributed by atoms with Gasteiger partial charge in [0.05, 0.1) is 9.39 Å². The van der Waals surface area contributed by atoms with E-state index < -0.39 is 0 Å². The van der Waals surface area contributed by atoms with Crippen LogP contribution in [0.5, 0.6) is 0 Å². The zero-order valence-electron chi connectivity index (χ0n) is 10.5.